The van der Waals surface area contributed by atoms with E-state index in [4.69, 9.17) is 11.6 Å². The molecule has 1 saturated heterocycles. The first-order valence-electron chi connectivity index (χ1n) is 8.56. The van der Waals surface area contributed by atoms with Gasteiger partial charge in [-0.25, -0.2) is 0 Å². The van der Waals surface area contributed by atoms with E-state index >= 15 is 0 Å². The lowest BCUT2D eigenvalue weighted by atomic mass is 10.1. The summed E-state index contributed by atoms with van der Waals surface area (Å²) in [7, 11) is 0. The summed E-state index contributed by atoms with van der Waals surface area (Å²) >= 11 is 6.02. The molecular formula is C19H23ClN4O. The van der Waals surface area contributed by atoms with Crippen LogP contribution in [0.1, 0.15) is 22.8 Å². The highest BCUT2D eigenvalue weighted by molar-refractivity contribution is 6.31. The molecule has 1 aliphatic rings. The molecule has 1 amide bonds. The largest absolute Gasteiger partial charge is 0.368 e. The number of likely N-dealkylation sites (N-methyl/N-ethyl adjacent to an activating group) is 1. The highest BCUT2D eigenvalue weighted by Gasteiger charge is 2.17. The number of hydrogen-bond acceptors (Lipinski definition) is 4. The highest BCUT2D eigenvalue weighted by atomic mass is 35.5. The second-order valence-electron chi connectivity index (χ2n) is 6.27. The Labute approximate surface area is 153 Å². The first-order valence-corrected chi connectivity index (χ1v) is 8.94. The summed E-state index contributed by atoms with van der Waals surface area (Å²) in [5.41, 5.74) is 3.23. The molecule has 1 aromatic heterocycles. The van der Waals surface area contributed by atoms with Gasteiger partial charge in [-0.3, -0.25) is 9.78 Å². The van der Waals surface area contributed by atoms with Crippen LogP contribution in [0.5, 0.6) is 0 Å². The van der Waals surface area contributed by atoms with Gasteiger partial charge in [-0.2, -0.15) is 0 Å². The van der Waals surface area contributed by atoms with Gasteiger partial charge in [0, 0.05) is 43.1 Å². The normalized spacial score (nSPS) is 15.2. The van der Waals surface area contributed by atoms with Crippen LogP contribution in [0.25, 0.3) is 0 Å². The van der Waals surface area contributed by atoms with Crippen LogP contribution in [0.4, 0.5) is 11.4 Å². The molecule has 1 aliphatic heterocycles. The van der Waals surface area contributed by atoms with Crippen LogP contribution in [0.3, 0.4) is 0 Å². The van der Waals surface area contributed by atoms with E-state index in [-0.39, 0.29) is 5.91 Å². The second kappa shape index (κ2) is 7.85. The minimum atomic E-state index is -0.174. The number of rotatable bonds is 4. The maximum atomic E-state index is 12.6. The molecule has 0 aliphatic carbocycles. The summed E-state index contributed by atoms with van der Waals surface area (Å²) in [5.74, 6) is -0.174. The second-order valence-corrected chi connectivity index (χ2v) is 6.70. The molecule has 0 spiro atoms. The molecule has 1 N–H and O–H groups in total. The number of benzene rings is 1. The van der Waals surface area contributed by atoms with E-state index in [0.717, 1.165) is 49.7 Å². The minimum Gasteiger partial charge on any atom is -0.368 e. The Morgan fingerprint density at radius 2 is 1.96 bits per heavy atom. The number of carbonyl (C=O) groups excluding carboxylic acids is 1. The smallest absolute Gasteiger partial charge is 0.257 e. The maximum Gasteiger partial charge on any atom is 0.257 e. The maximum absolute atomic E-state index is 12.6. The van der Waals surface area contributed by atoms with Crippen LogP contribution in [0.15, 0.2) is 36.7 Å². The van der Waals surface area contributed by atoms with E-state index in [1.54, 1.807) is 12.3 Å². The quantitative estimate of drug-likeness (QED) is 0.909. The Morgan fingerprint density at radius 1 is 1.20 bits per heavy atom. The zero-order valence-electron chi connectivity index (χ0n) is 14.6. The Morgan fingerprint density at radius 3 is 2.68 bits per heavy atom. The average Bonchev–Trinajstić information content (AvgIpc) is 2.65. The lowest BCUT2D eigenvalue weighted by molar-refractivity contribution is 0.102. The van der Waals surface area contributed by atoms with Crippen molar-refractivity contribution in [2.24, 2.45) is 0 Å². The number of anilines is 2. The molecule has 25 heavy (non-hydrogen) atoms. The van der Waals surface area contributed by atoms with E-state index in [1.165, 1.54) is 0 Å². The SMILES string of the molecule is CCN1CCN(c2cncc(C(=O)Nc3cc(Cl)ccc3C)c2)CC1. The third kappa shape index (κ3) is 4.30. The molecule has 0 bridgehead atoms. The van der Waals surface area contributed by atoms with Crippen molar-refractivity contribution in [1.82, 2.24) is 9.88 Å². The first kappa shape index (κ1) is 17.7. The zero-order chi connectivity index (χ0) is 17.8. The minimum absolute atomic E-state index is 0.174. The number of hydrogen-bond donors (Lipinski definition) is 1. The van der Waals surface area contributed by atoms with E-state index in [0.29, 0.717) is 10.6 Å². The van der Waals surface area contributed by atoms with Gasteiger partial charge in [0.15, 0.2) is 0 Å². The third-order valence-electron chi connectivity index (χ3n) is 4.62. The van der Waals surface area contributed by atoms with E-state index < -0.39 is 0 Å². The summed E-state index contributed by atoms with van der Waals surface area (Å²) in [4.78, 5) is 21.5. The van der Waals surface area contributed by atoms with Crippen LogP contribution in [-0.2, 0) is 0 Å². The molecule has 0 saturated carbocycles. The molecular weight excluding hydrogens is 336 g/mol. The highest BCUT2D eigenvalue weighted by Crippen LogP contribution is 2.22. The van der Waals surface area contributed by atoms with Gasteiger partial charge in [-0.05, 0) is 37.2 Å². The number of amides is 1. The van der Waals surface area contributed by atoms with Gasteiger partial charge < -0.3 is 15.1 Å². The Kier molecular flexibility index (Phi) is 5.56. The van der Waals surface area contributed by atoms with Gasteiger partial charge in [0.2, 0.25) is 0 Å². The molecule has 3 rings (SSSR count). The average molecular weight is 359 g/mol. The summed E-state index contributed by atoms with van der Waals surface area (Å²) in [6.45, 7) is 9.17. The van der Waals surface area contributed by atoms with Crippen LogP contribution < -0.4 is 10.2 Å². The standard InChI is InChI=1S/C19H23ClN4O/c1-3-23-6-8-24(9-7-23)17-10-15(12-21-13-17)19(25)22-18-11-16(20)5-4-14(18)2/h4-5,10-13H,3,6-9H2,1-2H3,(H,22,25). The number of piperazine rings is 1. The lowest BCUT2D eigenvalue weighted by Crippen LogP contribution is -2.46. The molecule has 1 fully saturated rings. The summed E-state index contributed by atoms with van der Waals surface area (Å²) in [6, 6.07) is 7.37. The number of aryl methyl sites for hydroxylation is 1. The van der Waals surface area contributed by atoms with Crippen molar-refractivity contribution in [3.05, 3.63) is 52.8 Å². The summed E-state index contributed by atoms with van der Waals surface area (Å²) < 4.78 is 0. The zero-order valence-corrected chi connectivity index (χ0v) is 15.4. The predicted octanol–water partition coefficient (Wildman–Crippen LogP) is 3.44. The molecule has 132 valence electrons. The number of nitrogens with one attached hydrogen (secondary N) is 1. The van der Waals surface area contributed by atoms with Crippen molar-refractivity contribution in [2.75, 3.05) is 42.9 Å². The molecule has 5 nitrogen and oxygen atoms in total. The summed E-state index contributed by atoms with van der Waals surface area (Å²) in [5, 5.41) is 3.52. The van der Waals surface area contributed by atoms with E-state index in [1.807, 2.05) is 31.3 Å². The fourth-order valence-electron chi connectivity index (χ4n) is 2.97. The molecule has 6 heteroatoms. The lowest BCUT2D eigenvalue weighted by Gasteiger charge is -2.35. The van der Waals surface area contributed by atoms with Gasteiger partial charge in [0.1, 0.15) is 0 Å². The van der Waals surface area contributed by atoms with Crippen molar-refractivity contribution in [3.63, 3.8) is 0 Å². The van der Waals surface area contributed by atoms with E-state index in [9.17, 15) is 4.79 Å². The monoisotopic (exact) mass is 358 g/mol. The van der Waals surface area contributed by atoms with Crippen molar-refractivity contribution in [1.29, 1.82) is 0 Å². The Balaban J connectivity index is 1.72. The topological polar surface area (TPSA) is 48.5 Å². The number of nitrogens with zero attached hydrogens (tertiary/aromatic N) is 3. The van der Waals surface area contributed by atoms with E-state index in [2.05, 4.69) is 27.0 Å². The fourth-order valence-corrected chi connectivity index (χ4v) is 3.14. The molecule has 0 unspecified atom stereocenters. The van der Waals surface area contributed by atoms with Crippen molar-refractivity contribution < 1.29 is 4.79 Å². The van der Waals surface area contributed by atoms with Gasteiger partial charge in [-0.15, -0.1) is 0 Å². The van der Waals surface area contributed by atoms with Gasteiger partial charge in [0.05, 0.1) is 17.4 Å². The first-order chi connectivity index (χ1) is 12.1. The van der Waals surface area contributed by atoms with Crippen molar-refractivity contribution in [3.8, 4) is 0 Å². The number of pyridine rings is 1. The van der Waals surface area contributed by atoms with Gasteiger partial charge in [0.25, 0.3) is 5.91 Å². The molecule has 1 aromatic carbocycles. The molecule has 0 atom stereocenters. The van der Waals surface area contributed by atoms with Gasteiger partial charge >= 0.3 is 0 Å². The number of carbonyl (C=O) groups is 1. The predicted molar refractivity (Wildman–Crippen MR) is 103 cm³/mol. The van der Waals surface area contributed by atoms with Crippen LogP contribution >= 0.6 is 11.6 Å². The molecule has 2 heterocycles. The fraction of sp³-hybridized carbons (Fsp3) is 0.368. The Hall–Kier alpha value is -2.11. The third-order valence-corrected chi connectivity index (χ3v) is 4.85. The van der Waals surface area contributed by atoms with Crippen LogP contribution in [0.2, 0.25) is 5.02 Å². The van der Waals surface area contributed by atoms with Crippen LogP contribution in [0, 0.1) is 6.92 Å². The molecule has 0 radical (unpaired) electrons. The van der Waals surface area contributed by atoms with Crippen molar-refractivity contribution >= 4 is 28.9 Å². The van der Waals surface area contributed by atoms with Crippen LogP contribution in [-0.4, -0.2) is 48.5 Å². The molecule has 2 aromatic rings. The number of aromatic nitrogens is 1. The number of halogens is 1. The Bertz CT molecular complexity index is 757. The summed E-state index contributed by atoms with van der Waals surface area (Å²) in [6.07, 6.45) is 3.42. The van der Waals surface area contributed by atoms with Gasteiger partial charge in [-0.1, -0.05) is 24.6 Å². The van der Waals surface area contributed by atoms with Crippen molar-refractivity contribution in [2.45, 2.75) is 13.8 Å².